The number of para-hydroxylation sites is 1. The van der Waals surface area contributed by atoms with Crippen LogP contribution in [0.1, 0.15) is 21.8 Å². The van der Waals surface area contributed by atoms with Crippen LogP contribution in [0.5, 0.6) is 5.75 Å². The zero-order valence-electron chi connectivity index (χ0n) is 11.0. The van der Waals surface area contributed by atoms with E-state index in [4.69, 9.17) is 9.26 Å². The molecule has 2 aromatic rings. The number of nitrogens with one attached hydrogen (secondary N) is 1. The van der Waals surface area contributed by atoms with Crippen molar-refractivity contribution in [3.05, 3.63) is 47.3 Å². The lowest BCUT2D eigenvalue weighted by Gasteiger charge is -2.08. The first kappa shape index (κ1) is 13.1. The van der Waals surface area contributed by atoms with Crippen LogP contribution in [0, 0.1) is 6.92 Å². The summed E-state index contributed by atoms with van der Waals surface area (Å²) in [5, 5.41) is 6.70. The van der Waals surface area contributed by atoms with Gasteiger partial charge in [-0.3, -0.25) is 4.79 Å². The van der Waals surface area contributed by atoms with Gasteiger partial charge in [0.25, 0.3) is 5.91 Å². The van der Waals surface area contributed by atoms with Crippen molar-refractivity contribution < 1.29 is 14.1 Å². The predicted molar refractivity (Wildman–Crippen MR) is 70.3 cm³/mol. The Morgan fingerprint density at radius 1 is 1.42 bits per heavy atom. The van der Waals surface area contributed by atoms with E-state index in [9.17, 15) is 4.79 Å². The number of amides is 1. The largest absolute Gasteiger partial charge is 0.496 e. The van der Waals surface area contributed by atoms with Crippen LogP contribution in [0.15, 0.2) is 34.9 Å². The summed E-state index contributed by atoms with van der Waals surface area (Å²) in [6.45, 7) is 2.34. The van der Waals surface area contributed by atoms with Gasteiger partial charge in [-0.05, 0) is 19.1 Å². The molecule has 0 unspecified atom stereocenters. The number of nitrogens with zero attached hydrogens (tertiary/aromatic N) is 1. The molecule has 0 saturated heterocycles. The van der Waals surface area contributed by atoms with Gasteiger partial charge in [0.2, 0.25) is 0 Å². The van der Waals surface area contributed by atoms with E-state index in [0.29, 0.717) is 24.3 Å². The second-order valence-electron chi connectivity index (χ2n) is 4.14. The lowest BCUT2D eigenvalue weighted by Crippen LogP contribution is -2.26. The molecule has 5 nitrogen and oxygen atoms in total. The smallest absolute Gasteiger partial charge is 0.255 e. The number of ether oxygens (including phenoxy) is 1. The van der Waals surface area contributed by atoms with E-state index in [1.165, 1.54) is 0 Å². The van der Waals surface area contributed by atoms with Crippen molar-refractivity contribution in [3.8, 4) is 5.75 Å². The van der Waals surface area contributed by atoms with E-state index in [1.54, 1.807) is 25.3 Å². The summed E-state index contributed by atoms with van der Waals surface area (Å²) in [5.41, 5.74) is 1.36. The number of aryl methyl sites for hydroxylation is 1. The molecule has 0 saturated carbocycles. The van der Waals surface area contributed by atoms with E-state index in [1.807, 2.05) is 19.1 Å². The van der Waals surface area contributed by atoms with Gasteiger partial charge in [-0.25, -0.2) is 0 Å². The first-order chi connectivity index (χ1) is 9.20. The van der Waals surface area contributed by atoms with Crippen LogP contribution in [0.4, 0.5) is 0 Å². The van der Waals surface area contributed by atoms with Crippen molar-refractivity contribution in [1.82, 2.24) is 10.5 Å². The van der Waals surface area contributed by atoms with Gasteiger partial charge in [-0.2, -0.15) is 0 Å². The highest BCUT2D eigenvalue weighted by Gasteiger charge is 2.10. The molecule has 19 heavy (non-hydrogen) atoms. The Labute approximate surface area is 111 Å². The highest BCUT2D eigenvalue weighted by atomic mass is 16.5. The third kappa shape index (κ3) is 3.34. The Kier molecular flexibility index (Phi) is 4.18. The molecular weight excluding hydrogens is 244 g/mol. The average Bonchev–Trinajstić information content (AvgIpc) is 2.84. The molecule has 1 heterocycles. The van der Waals surface area contributed by atoms with Crippen molar-refractivity contribution in [2.75, 3.05) is 13.7 Å². The minimum absolute atomic E-state index is 0.155. The van der Waals surface area contributed by atoms with Crippen LogP contribution in [-0.4, -0.2) is 24.7 Å². The van der Waals surface area contributed by atoms with Gasteiger partial charge in [0.05, 0.1) is 18.4 Å². The number of carbonyl (C=O) groups excluding carboxylic acids is 1. The molecule has 100 valence electrons. The Hall–Kier alpha value is -2.30. The fraction of sp³-hybridized carbons (Fsp3) is 0.286. The van der Waals surface area contributed by atoms with Crippen LogP contribution in [0.3, 0.4) is 0 Å². The van der Waals surface area contributed by atoms with Crippen LogP contribution in [-0.2, 0) is 6.42 Å². The van der Waals surface area contributed by atoms with E-state index >= 15 is 0 Å². The lowest BCUT2D eigenvalue weighted by atomic mass is 10.2. The summed E-state index contributed by atoms with van der Waals surface area (Å²) in [4.78, 5) is 12.0. The van der Waals surface area contributed by atoms with Gasteiger partial charge in [0.15, 0.2) is 0 Å². The maximum absolute atomic E-state index is 12.0. The van der Waals surface area contributed by atoms with Crippen molar-refractivity contribution in [1.29, 1.82) is 0 Å². The van der Waals surface area contributed by atoms with Gasteiger partial charge in [-0.15, -0.1) is 0 Å². The number of carbonyl (C=O) groups is 1. The first-order valence-corrected chi connectivity index (χ1v) is 6.04. The van der Waals surface area contributed by atoms with Gasteiger partial charge in [-0.1, -0.05) is 17.3 Å². The molecular formula is C14H16N2O3. The summed E-state index contributed by atoms with van der Waals surface area (Å²) >= 11 is 0. The standard InChI is InChI=1S/C14H16N2O3/c1-10-9-11(16-19-10)7-8-15-14(17)12-5-3-4-6-13(12)18-2/h3-6,9H,7-8H2,1-2H3,(H,15,17). The molecule has 0 aliphatic heterocycles. The van der Waals surface area contributed by atoms with Gasteiger partial charge in [0.1, 0.15) is 11.5 Å². The molecule has 0 aliphatic carbocycles. The second-order valence-corrected chi connectivity index (χ2v) is 4.14. The van der Waals surface area contributed by atoms with Crippen molar-refractivity contribution >= 4 is 5.91 Å². The topological polar surface area (TPSA) is 64.4 Å². The minimum Gasteiger partial charge on any atom is -0.496 e. The number of benzene rings is 1. The fourth-order valence-corrected chi connectivity index (χ4v) is 1.77. The molecule has 5 heteroatoms. The van der Waals surface area contributed by atoms with Gasteiger partial charge in [0, 0.05) is 19.0 Å². The third-order valence-electron chi connectivity index (χ3n) is 2.70. The molecule has 0 aliphatic rings. The first-order valence-electron chi connectivity index (χ1n) is 6.04. The Bertz CT molecular complexity index is 563. The summed E-state index contributed by atoms with van der Waals surface area (Å²) in [6, 6.07) is 8.98. The highest BCUT2D eigenvalue weighted by molar-refractivity contribution is 5.96. The summed E-state index contributed by atoms with van der Waals surface area (Å²) in [6.07, 6.45) is 0.637. The number of hydrogen-bond acceptors (Lipinski definition) is 4. The minimum atomic E-state index is -0.155. The average molecular weight is 260 g/mol. The van der Waals surface area contributed by atoms with Crippen molar-refractivity contribution in [2.45, 2.75) is 13.3 Å². The molecule has 0 radical (unpaired) electrons. The van der Waals surface area contributed by atoms with Crippen molar-refractivity contribution in [3.63, 3.8) is 0 Å². The summed E-state index contributed by atoms with van der Waals surface area (Å²) in [7, 11) is 1.55. The molecule has 2 rings (SSSR count). The predicted octanol–water partition coefficient (Wildman–Crippen LogP) is 1.96. The lowest BCUT2D eigenvalue weighted by molar-refractivity contribution is 0.0951. The molecule has 1 amide bonds. The van der Waals surface area contributed by atoms with Crippen LogP contribution in [0.25, 0.3) is 0 Å². The molecule has 1 N–H and O–H groups in total. The zero-order valence-corrected chi connectivity index (χ0v) is 11.0. The SMILES string of the molecule is COc1ccccc1C(=O)NCCc1cc(C)on1. The maximum atomic E-state index is 12.0. The molecule has 0 fully saturated rings. The Morgan fingerprint density at radius 3 is 2.89 bits per heavy atom. The Balaban J connectivity index is 1.90. The summed E-state index contributed by atoms with van der Waals surface area (Å²) in [5.74, 6) is 1.18. The van der Waals surface area contributed by atoms with E-state index in [0.717, 1.165) is 11.5 Å². The molecule has 1 aromatic carbocycles. The third-order valence-corrected chi connectivity index (χ3v) is 2.70. The quantitative estimate of drug-likeness (QED) is 0.892. The zero-order chi connectivity index (χ0) is 13.7. The van der Waals surface area contributed by atoms with Gasteiger partial charge >= 0.3 is 0 Å². The van der Waals surface area contributed by atoms with Crippen LogP contribution >= 0.6 is 0 Å². The monoisotopic (exact) mass is 260 g/mol. The van der Waals surface area contributed by atoms with E-state index < -0.39 is 0 Å². The van der Waals surface area contributed by atoms with E-state index in [-0.39, 0.29) is 5.91 Å². The number of hydrogen-bond donors (Lipinski definition) is 1. The normalized spacial score (nSPS) is 10.2. The molecule has 0 bridgehead atoms. The molecule has 1 aromatic heterocycles. The van der Waals surface area contributed by atoms with Crippen LogP contribution in [0.2, 0.25) is 0 Å². The molecule has 0 spiro atoms. The fourth-order valence-electron chi connectivity index (χ4n) is 1.77. The maximum Gasteiger partial charge on any atom is 0.255 e. The number of rotatable bonds is 5. The molecule has 0 atom stereocenters. The number of aromatic nitrogens is 1. The van der Waals surface area contributed by atoms with Crippen LogP contribution < -0.4 is 10.1 Å². The number of methoxy groups -OCH3 is 1. The second kappa shape index (κ2) is 6.04. The Morgan fingerprint density at radius 2 is 2.21 bits per heavy atom. The highest BCUT2D eigenvalue weighted by Crippen LogP contribution is 2.16. The summed E-state index contributed by atoms with van der Waals surface area (Å²) < 4.78 is 10.1. The van der Waals surface area contributed by atoms with Crippen molar-refractivity contribution in [2.24, 2.45) is 0 Å². The van der Waals surface area contributed by atoms with Gasteiger partial charge < -0.3 is 14.6 Å². The van der Waals surface area contributed by atoms with E-state index in [2.05, 4.69) is 10.5 Å².